The van der Waals surface area contributed by atoms with Gasteiger partial charge in [0.1, 0.15) is 13.2 Å². The molecular formula is C36H62O6. The van der Waals surface area contributed by atoms with E-state index in [4.69, 9.17) is 14.2 Å². The summed E-state index contributed by atoms with van der Waals surface area (Å²) in [5.74, 6) is -0.955. The minimum Gasteiger partial charge on any atom is -0.462 e. The third-order valence-corrected chi connectivity index (χ3v) is 7.28. The van der Waals surface area contributed by atoms with E-state index in [1.165, 1.54) is 32.1 Å². The fourth-order valence-electron chi connectivity index (χ4n) is 4.67. The second kappa shape index (κ2) is 31.6. The predicted octanol–water partition coefficient (Wildman–Crippen LogP) is 9.90. The lowest BCUT2D eigenvalue weighted by Gasteiger charge is -2.18. The van der Waals surface area contributed by atoms with Crippen LogP contribution in [0, 0.1) is 0 Å². The summed E-state index contributed by atoms with van der Waals surface area (Å²) in [6.07, 6.45) is 28.3. The molecule has 0 aliphatic heterocycles. The van der Waals surface area contributed by atoms with Gasteiger partial charge < -0.3 is 14.2 Å². The molecule has 0 aliphatic rings. The molecule has 0 spiro atoms. The van der Waals surface area contributed by atoms with Crippen LogP contribution in [0.25, 0.3) is 0 Å². The van der Waals surface area contributed by atoms with Crippen molar-refractivity contribution in [3.05, 3.63) is 38.0 Å². The lowest BCUT2D eigenvalue weighted by atomic mass is 10.1. The topological polar surface area (TPSA) is 78.9 Å². The number of hydrogen-bond acceptors (Lipinski definition) is 6. The maximum atomic E-state index is 12.5. The Balaban J connectivity index is 4.37. The van der Waals surface area contributed by atoms with Gasteiger partial charge in [0, 0.05) is 19.3 Å². The van der Waals surface area contributed by atoms with Crippen LogP contribution < -0.4 is 0 Å². The average molecular weight is 591 g/mol. The Morgan fingerprint density at radius 3 is 1.05 bits per heavy atom. The second-order valence-corrected chi connectivity index (χ2v) is 11.3. The highest BCUT2D eigenvalue weighted by Crippen LogP contribution is 2.13. The van der Waals surface area contributed by atoms with E-state index in [-0.39, 0.29) is 31.1 Å². The Hall–Kier alpha value is -2.37. The Kier molecular flexibility index (Phi) is 29.8. The summed E-state index contributed by atoms with van der Waals surface area (Å²) in [7, 11) is 0. The molecule has 0 aromatic carbocycles. The Morgan fingerprint density at radius 2 is 0.714 bits per heavy atom. The number of rotatable bonds is 32. The summed E-state index contributed by atoms with van der Waals surface area (Å²) in [6.45, 7) is 11.1. The number of carbonyl (C=O) groups is 3. The van der Waals surface area contributed by atoms with Crippen molar-refractivity contribution >= 4 is 17.9 Å². The van der Waals surface area contributed by atoms with Gasteiger partial charge >= 0.3 is 17.9 Å². The van der Waals surface area contributed by atoms with Crippen LogP contribution in [0.3, 0.4) is 0 Å². The summed E-state index contributed by atoms with van der Waals surface area (Å²) in [6, 6.07) is 0. The van der Waals surface area contributed by atoms with Gasteiger partial charge in [0.05, 0.1) is 0 Å². The molecule has 0 radical (unpaired) electrons. The van der Waals surface area contributed by atoms with Gasteiger partial charge in [-0.15, -0.1) is 19.7 Å². The zero-order valence-electron chi connectivity index (χ0n) is 26.8. The fourth-order valence-corrected chi connectivity index (χ4v) is 4.67. The lowest BCUT2D eigenvalue weighted by molar-refractivity contribution is -0.167. The zero-order chi connectivity index (χ0) is 30.9. The third-order valence-electron chi connectivity index (χ3n) is 7.28. The SMILES string of the molecule is C=CCCCCCCCCC(=O)OCC(COC(=O)CCCCCCCCC=C)OC(=O)CCCCCCCCC=C. The van der Waals surface area contributed by atoms with Crippen LogP contribution in [0.5, 0.6) is 0 Å². The second-order valence-electron chi connectivity index (χ2n) is 11.3. The van der Waals surface area contributed by atoms with Crippen LogP contribution >= 0.6 is 0 Å². The van der Waals surface area contributed by atoms with Crippen molar-refractivity contribution in [1.29, 1.82) is 0 Å². The quantitative estimate of drug-likeness (QED) is 0.0336. The molecular weight excluding hydrogens is 528 g/mol. The maximum absolute atomic E-state index is 12.5. The molecule has 242 valence electrons. The first-order chi connectivity index (χ1) is 20.5. The molecule has 6 nitrogen and oxygen atoms in total. The van der Waals surface area contributed by atoms with E-state index >= 15 is 0 Å². The van der Waals surface area contributed by atoms with Gasteiger partial charge in [-0.3, -0.25) is 14.4 Å². The van der Waals surface area contributed by atoms with Crippen molar-refractivity contribution in [2.45, 2.75) is 160 Å². The van der Waals surface area contributed by atoms with Gasteiger partial charge in [-0.2, -0.15) is 0 Å². The van der Waals surface area contributed by atoms with Crippen LogP contribution in [0.1, 0.15) is 154 Å². The van der Waals surface area contributed by atoms with Gasteiger partial charge in [-0.05, 0) is 57.8 Å². The summed E-state index contributed by atoms with van der Waals surface area (Å²) in [5, 5.41) is 0. The summed E-state index contributed by atoms with van der Waals surface area (Å²) in [4.78, 5) is 37.0. The minimum atomic E-state index is -0.779. The van der Waals surface area contributed by atoms with E-state index in [1.54, 1.807) is 0 Å². The first kappa shape index (κ1) is 39.6. The van der Waals surface area contributed by atoms with Gasteiger partial charge in [0.15, 0.2) is 6.10 Å². The van der Waals surface area contributed by atoms with Crippen molar-refractivity contribution < 1.29 is 28.6 Å². The van der Waals surface area contributed by atoms with E-state index in [2.05, 4.69) is 19.7 Å². The van der Waals surface area contributed by atoms with Crippen molar-refractivity contribution in [3.63, 3.8) is 0 Å². The van der Waals surface area contributed by atoms with Gasteiger partial charge in [0.2, 0.25) is 0 Å². The van der Waals surface area contributed by atoms with Crippen LogP contribution in [-0.4, -0.2) is 37.2 Å². The lowest BCUT2D eigenvalue weighted by Crippen LogP contribution is -2.30. The molecule has 0 aromatic rings. The molecule has 0 bridgehead atoms. The van der Waals surface area contributed by atoms with Gasteiger partial charge in [-0.1, -0.05) is 95.3 Å². The normalized spacial score (nSPS) is 10.8. The zero-order valence-corrected chi connectivity index (χ0v) is 26.8. The molecule has 0 unspecified atom stereocenters. The average Bonchev–Trinajstić information content (AvgIpc) is 2.98. The summed E-state index contributed by atoms with van der Waals surface area (Å²) < 4.78 is 16.4. The highest BCUT2D eigenvalue weighted by molar-refractivity contribution is 5.71. The molecule has 0 rings (SSSR count). The Morgan fingerprint density at radius 1 is 0.429 bits per heavy atom. The number of ether oxygens (including phenoxy) is 3. The number of unbranched alkanes of at least 4 members (excludes halogenated alkanes) is 18. The van der Waals surface area contributed by atoms with E-state index in [0.29, 0.717) is 19.3 Å². The molecule has 42 heavy (non-hydrogen) atoms. The predicted molar refractivity (Wildman–Crippen MR) is 173 cm³/mol. The number of allylic oxidation sites excluding steroid dienone is 3. The van der Waals surface area contributed by atoms with E-state index < -0.39 is 6.10 Å². The maximum Gasteiger partial charge on any atom is 0.306 e. The van der Waals surface area contributed by atoms with E-state index in [0.717, 1.165) is 103 Å². The number of hydrogen-bond donors (Lipinski definition) is 0. The first-order valence-corrected chi connectivity index (χ1v) is 16.9. The molecule has 0 fully saturated rings. The van der Waals surface area contributed by atoms with Gasteiger partial charge in [-0.25, -0.2) is 0 Å². The number of carbonyl (C=O) groups excluding carboxylic acids is 3. The van der Waals surface area contributed by atoms with Crippen LogP contribution in [0.2, 0.25) is 0 Å². The Bertz CT molecular complexity index is 661. The van der Waals surface area contributed by atoms with Crippen molar-refractivity contribution in [2.75, 3.05) is 13.2 Å². The fraction of sp³-hybridized carbons (Fsp3) is 0.750. The summed E-state index contributed by atoms with van der Waals surface area (Å²) in [5.41, 5.74) is 0. The van der Waals surface area contributed by atoms with E-state index in [1.807, 2.05) is 18.2 Å². The van der Waals surface area contributed by atoms with Crippen LogP contribution in [-0.2, 0) is 28.6 Å². The molecule has 0 aromatic heterocycles. The van der Waals surface area contributed by atoms with Crippen molar-refractivity contribution in [2.24, 2.45) is 0 Å². The van der Waals surface area contributed by atoms with E-state index in [9.17, 15) is 14.4 Å². The van der Waals surface area contributed by atoms with Gasteiger partial charge in [0.25, 0.3) is 0 Å². The molecule has 0 N–H and O–H groups in total. The highest BCUT2D eigenvalue weighted by Gasteiger charge is 2.19. The monoisotopic (exact) mass is 590 g/mol. The standard InChI is InChI=1S/C36H62O6/c1-4-7-10-13-16-19-22-25-28-34(37)40-31-33(42-36(39)30-27-24-21-18-15-12-9-6-3)32-41-35(38)29-26-23-20-17-14-11-8-5-2/h4-6,33H,1-3,7-32H2. The Labute approximate surface area is 257 Å². The number of esters is 3. The molecule has 0 atom stereocenters. The van der Waals surface area contributed by atoms with Crippen LogP contribution in [0.15, 0.2) is 38.0 Å². The molecule has 0 saturated heterocycles. The molecule has 0 heterocycles. The first-order valence-electron chi connectivity index (χ1n) is 16.9. The minimum absolute atomic E-state index is 0.0899. The third kappa shape index (κ3) is 29.1. The summed E-state index contributed by atoms with van der Waals surface area (Å²) >= 11 is 0. The van der Waals surface area contributed by atoms with Crippen LogP contribution in [0.4, 0.5) is 0 Å². The largest absolute Gasteiger partial charge is 0.462 e. The smallest absolute Gasteiger partial charge is 0.306 e. The molecule has 0 saturated carbocycles. The molecule has 0 amide bonds. The van der Waals surface area contributed by atoms with Crippen molar-refractivity contribution in [1.82, 2.24) is 0 Å². The molecule has 6 heteroatoms. The van der Waals surface area contributed by atoms with Crippen molar-refractivity contribution in [3.8, 4) is 0 Å². The molecule has 0 aliphatic carbocycles. The highest BCUT2D eigenvalue weighted by atomic mass is 16.6.